The normalized spacial score (nSPS) is 11.2. The maximum absolute atomic E-state index is 12.1. The standard InChI is InChI=1S/C15H16N2O3S/c1-10-6-7-12(8-11(10)2)15(18)17-13-4-3-5-14(9-13)21(16,19)20/h3-9H,1-2H3,(H,17,18)(H2,16,19,20). The Balaban J connectivity index is 2.25. The molecule has 110 valence electrons. The van der Waals surface area contributed by atoms with Crippen LogP contribution in [-0.4, -0.2) is 14.3 Å². The van der Waals surface area contributed by atoms with Crippen LogP contribution in [0.15, 0.2) is 47.4 Å². The zero-order valence-electron chi connectivity index (χ0n) is 11.8. The zero-order chi connectivity index (χ0) is 15.6. The number of carbonyl (C=O) groups is 1. The number of hydrogen-bond donors (Lipinski definition) is 2. The van der Waals surface area contributed by atoms with Gasteiger partial charge in [0.25, 0.3) is 5.91 Å². The lowest BCUT2D eigenvalue weighted by Gasteiger charge is -2.08. The summed E-state index contributed by atoms with van der Waals surface area (Å²) in [6, 6.07) is 11.2. The number of anilines is 1. The zero-order valence-corrected chi connectivity index (χ0v) is 12.6. The molecule has 0 saturated carbocycles. The Hall–Kier alpha value is -2.18. The molecule has 0 spiro atoms. The molecule has 0 saturated heterocycles. The summed E-state index contributed by atoms with van der Waals surface area (Å²) in [4.78, 5) is 12.1. The van der Waals surface area contributed by atoms with E-state index in [0.29, 0.717) is 11.3 Å². The van der Waals surface area contributed by atoms with Gasteiger partial charge in [-0.15, -0.1) is 0 Å². The van der Waals surface area contributed by atoms with Crippen molar-refractivity contribution in [3.05, 3.63) is 59.2 Å². The molecule has 5 nitrogen and oxygen atoms in total. The van der Waals surface area contributed by atoms with E-state index in [0.717, 1.165) is 11.1 Å². The fraction of sp³-hybridized carbons (Fsp3) is 0.133. The van der Waals surface area contributed by atoms with Gasteiger partial charge in [-0.2, -0.15) is 0 Å². The van der Waals surface area contributed by atoms with E-state index < -0.39 is 10.0 Å². The molecule has 21 heavy (non-hydrogen) atoms. The minimum atomic E-state index is -3.79. The Bertz CT molecular complexity index is 798. The van der Waals surface area contributed by atoms with Crippen molar-refractivity contribution in [2.45, 2.75) is 18.7 Å². The van der Waals surface area contributed by atoms with Crippen molar-refractivity contribution >= 4 is 21.6 Å². The Kier molecular flexibility index (Phi) is 4.11. The van der Waals surface area contributed by atoms with Gasteiger partial charge in [-0.25, -0.2) is 13.6 Å². The first-order chi connectivity index (χ1) is 9.77. The van der Waals surface area contributed by atoms with E-state index in [1.807, 2.05) is 19.9 Å². The number of aryl methyl sites for hydroxylation is 2. The molecule has 0 aliphatic heterocycles. The van der Waals surface area contributed by atoms with E-state index in [4.69, 9.17) is 5.14 Å². The van der Waals surface area contributed by atoms with E-state index in [1.54, 1.807) is 18.2 Å². The van der Waals surface area contributed by atoms with E-state index in [-0.39, 0.29) is 10.8 Å². The van der Waals surface area contributed by atoms with Gasteiger partial charge in [0.05, 0.1) is 4.90 Å². The largest absolute Gasteiger partial charge is 0.322 e. The van der Waals surface area contributed by atoms with Crippen molar-refractivity contribution < 1.29 is 13.2 Å². The summed E-state index contributed by atoms with van der Waals surface area (Å²) >= 11 is 0. The fourth-order valence-corrected chi connectivity index (χ4v) is 2.40. The number of carbonyl (C=O) groups excluding carboxylic acids is 1. The number of sulfonamides is 1. The van der Waals surface area contributed by atoms with E-state index in [9.17, 15) is 13.2 Å². The third kappa shape index (κ3) is 3.68. The van der Waals surface area contributed by atoms with E-state index in [1.165, 1.54) is 18.2 Å². The number of nitrogens with one attached hydrogen (secondary N) is 1. The lowest BCUT2D eigenvalue weighted by atomic mass is 10.1. The fourth-order valence-electron chi connectivity index (χ4n) is 1.84. The second-order valence-electron chi connectivity index (χ2n) is 4.83. The monoisotopic (exact) mass is 304 g/mol. The lowest BCUT2D eigenvalue weighted by Crippen LogP contribution is -2.15. The van der Waals surface area contributed by atoms with Crippen molar-refractivity contribution in [3.8, 4) is 0 Å². The predicted molar refractivity (Wildman–Crippen MR) is 81.7 cm³/mol. The number of primary sulfonamides is 1. The third-order valence-corrected chi connectivity index (χ3v) is 4.10. The molecule has 0 aliphatic rings. The van der Waals surface area contributed by atoms with Gasteiger partial charge < -0.3 is 5.32 Å². The Morgan fingerprint density at radius 1 is 1.05 bits per heavy atom. The van der Waals surface area contributed by atoms with Crippen LogP contribution in [0.5, 0.6) is 0 Å². The highest BCUT2D eigenvalue weighted by Crippen LogP contribution is 2.16. The van der Waals surface area contributed by atoms with Crippen molar-refractivity contribution in [3.63, 3.8) is 0 Å². The summed E-state index contributed by atoms with van der Waals surface area (Å²) in [5.74, 6) is -0.301. The van der Waals surface area contributed by atoms with Gasteiger partial charge in [0.15, 0.2) is 0 Å². The quantitative estimate of drug-likeness (QED) is 0.911. The van der Waals surface area contributed by atoms with Crippen molar-refractivity contribution in [2.24, 2.45) is 5.14 Å². The van der Waals surface area contributed by atoms with Crippen LogP contribution < -0.4 is 10.5 Å². The highest BCUT2D eigenvalue weighted by Gasteiger charge is 2.11. The Morgan fingerprint density at radius 3 is 2.38 bits per heavy atom. The molecule has 0 heterocycles. The van der Waals surface area contributed by atoms with Crippen molar-refractivity contribution in [1.29, 1.82) is 0 Å². The van der Waals surface area contributed by atoms with Gasteiger partial charge in [0, 0.05) is 11.3 Å². The number of hydrogen-bond acceptors (Lipinski definition) is 3. The van der Waals surface area contributed by atoms with Gasteiger partial charge in [0.2, 0.25) is 10.0 Å². The molecule has 0 atom stereocenters. The van der Waals surface area contributed by atoms with Gasteiger partial charge in [-0.05, 0) is 55.3 Å². The summed E-state index contributed by atoms with van der Waals surface area (Å²) in [5, 5.41) is 7.72. The van der Waals surface area contributed by atoms with Crippen LogP contribution in [0.4, 0.5) is 5.69 Å². The summed E-state index contributed by atoms with van der Waals surface area (Å²) in [7, 11) is -3.79. The molecule has 1 amide bonds. The van der Waals surface area contributed by atoms with Crippen LogP contribution in [-0.2, 0) is 10.0 Å². The average Bonchev–Trinajstić information content (AvgIpc) is 2.41. The number of nitrogens with two attached hydrogens (primary N) is 1. The smallest absolute Gasteiger partial charge is 0.255 e. The minimum Gasteiger partial charge on any atom is -0.322 e. The molecule has 6 heteroatoms. The molecule has 0 fully saturated rings. The molecular formula is C15H16N2O3S. The van der Waals surface area contributed by atoms with Gasteiger partial charge in [-0.1, -0.05) is 12.1 Å². The lowest BCUT2D eigenvalue weighted by molar-refractivity contribution is 0.102. The van der Waals surface area contributed by atoms with Crippen LogP contribution in [0, 0.1) is 13.8 Å². The average molecular weight is 304 g/mol. The number of benzene rings is 2. The first kappa shape index (κ1) is 15.2. The minimum absolute atomic E-state index is 0.0413. The van der Waals surface area contributed by atoms with Crippen LogP contribution >= 0.6 is 0 Å². The molecule has 2 aromatic rings. The molecule has 0 bridgehead atoms. The molecule has 2 rings (SSSR count). The topological polar surface area (TPSA) is 89.3 Å². The number of rotatable bonds is 3. The molecule has 0 aromatic heterocycles. The highest BCUT2D eigenvalue weighted by molar-refractivity contribution is 7.89. The van der Waals surface area contributed by atoms with Crippen LogP contribution in [0.2, 0.25) is 0 Å². The first-order valence-corrected chi connectivity index (χ1v) is 7.83. The van der Waals surface area contributed by atoms with Crippen molar-refractivity contribution in [2.75, 3.05) is 5.32 Å². The molecule has 0 unspecified atom stereocenters. The molecule has 2 aromatic carbocycles. The van der Waals surface area contributed by atoms with Crippen LogP contribution in [0.25, 0.3) is 0 Å². The third-order valence-electron chi connectivity index (χ3n) is 3.19. The molecular weight excluding hydrogens is 288 g/mol. The Labute approximate surface area is 123 Å². The maximum Gasteiger partial charge on any atom is 0.255 e. The molecule has 0 radical (unpaired) electrons. The summed E-state index contributed by atoms with van der Waals surface area (Å²) < 4.78 is 22.6. The SMILES string of the molecule is Cc1ccc(C(=O)Nc2cccc(S(N)(=O)=O)c2)cc1C. The van der Waals surface area contributed by atoms with Gasteiger partial charge in [0.1, 0.15) is 0 Å². The highest BCUT2D eigenvalue weighted by atomic mass is 32.2. The van der Waals surface area contributed by atoms with Crippen LogP contribution in [0.3, 0.4) is 0 Å². The molecule has 3 N–H and O–H groups in total. The van der Waals surface area contributed by atoms with Crippen LogP contribution in [0.1, 0.15) is 21.5 Å². The summed E-state index contributed by atoms with van der Waals surface area (Å²) in [6.07, 6.45) is 0. The van der Waals surface area contributed by atoms with E-state index >= 15 is 0 Å². The number of amides is 1. The second kappa shape index (κ2) is 5.67. The maximum atomic E-state index is 12.1. The van der Waals surface area contributed by atoms with Gasteiger partial charge in [-0.3, -0.25) is 4.79 Å². The van der Waals surface area contributed by atoms with Crippen molar-refractivity contribution in [1.82, 2.24) is 0 Å². The predicted octanol–water partition coefficient (Wildman–Crippen LogP) is 2.20. The van der Waals surface area contributed by atoms with E-state index in [2.05, 4.69) is 5.32 Å². The van der Waals surface area contributed by atoms with Gasteiger partial charge >= 0.3 is 0 Å². The Morgan fingerprint density at radius 2 is 1.76 bits per heavy atom. The first-order valence-electron chi connectivity index (χ1n) is 6.29. The summed E-state index contributed by atoms with van der Waals surface area (Å²) in [5.41, 5.74) is 3.01. The second-order valence-corrected chi connectivity index (χ2v) is 6.39. The summed E-state index contributed by atoms with van der Waals surface area (Å²) in [6.45, 7) is 3.89. The molecule has 0 aliphatic carbocycles.